The summed E-state index contributed by atoms with van der Waals surface area (Å²) in [6, 6.07) is 16.3. The summed E-state index contributed by atoms with van der Waals surface area (Å²) in [5.74, 6) is 0.973. The molecule has 5 heteroatoms. The van der Waals surface area contributed by atoms with Crippen molar-refractivity contribution in [3.8, 4) is 5.75 Å². The van der Waals surface area contributed by atoms with Gasteiger partial charge in [-0.15, -0.1) is 0 Å². The van der Waals surface area contributed by atoms with Crippen molar-refractivity contribution in [1.82, 2.24) is 10.6 Å². The Morgan fingerprint density at radius 1 is 1.23 bits per heavy atom. The Bertz CT molecular complexity index is 790. The van der Waals surface area contributed by atoms with Crippen LogP contribution in [-0.2, 0) is 11.2 Å². The van der Waals surface area contributed by atoms with Crippen LogP contribution in [0.2, 0.25) is 0 Å². The Hall–Kier alpha value is -2.40. The van der Waals surface area contributed by atoms with Crippen LogP contribution >= 0.6 is 11.8 Å². The number of hydrogen-bond donors (Lipinski definition) is 2. The van der Waals surface area contributed by atoms with Crippen LogP contribution in [0.4, 0.5) is 0 Å². The highest BCUT2D eigenvalue weighted by Gasteiger charge is 2.19. The zero-order valence-electron chi connectivity index (χ0n) is 15.1. The minimum absolute atomic E-state index is 0.0722. The Morgan fingerprint density at radius 3 is 2.77 bits per heavy atom. The van der Waals surface area contributed by atoms with E-state index in [1.54, 1.807) is 18.9 Å². The molecular formula is C21H24N2O2S. The van der Waals surface area contributed by atoms with Crippen LogP contribution in [0.3, 0.4) is 0 Å². The van der Waals surface area contributed by atoms with Gasteiger partial charge < -0.3 is 15.4 Å². The van der Waals surface area contributed by atoms with Gasteiger partial charge in [-0.25, -0.2) is 0 Å². The summed E-state index contributed by atoms with van der Waals surface area (Å²) in [7, 11) is 1.68. The van der Waals surface area contributed by atoms with Gasteiger partial charge in [0.2, 0.25) is 5.91 Å². The maximum Gasteiger partial charge on any atom is 0.222 e. The van der Waals surface area contributed by atoms with E-state index >= 15 is 0 Å². The van der Waals surface area contributed by atoms with Crippen LogP contribution in [-0.4, -0.2) is 18.5 Å². The Labute approximate surface area is 159 Å². The highest BCUT2D eigenvalue weighted by Crippen LogP contribution is 2.26. The van der Waals surface area contributed by atoms with Crippen LogP contribution in [0.15, 0.2) is 53.9 Å². The monoisotopic (exact) mass is 368 g/mol. The minimum Gasteiger partial charge on any atom is -0.496 e. The first-order valence-corrected chi connectivity index (χ1v) is 9.70. The molecule has 0 saturated carbocycles. The number of benzene rings is 2. The predicted octanol–water partition coefficient (Wildman–Crippen LogP) is 4.06. The molecule has 0 saturated heterocycles. The smallest absolute Gasteiger partial charge is 0.222 e. The molecule has 0 spiro atoms. The molecule has 2 aromatic carbocycles. The van der Waals surface area contributed by atoms with Crippen LogP contribution in [0.1, 0.15) is 29.5 Å². The molecule has 1 amide bonds. The Balaban J connectivity index is 1.41. The maximum absolute atomic E-state index is 12.2. The highest BCUT2D eigenvalue weighted by molar-refractivity contribution is 8.03. The molecule has 0 bridgehead atoms. The molecule has 136 valence electrons. The van der Waals surface area contributed by atoms with Gasteiger partial charge >= 0.3 is 0 Å². The lowest BCUT2D eigenvalue weighted by atomic mass is 10.0. The van der Waals surface area contributed by atoms with E-state index in [9.17, 15) is 4.79 Å². The largest absolute Gasteiger partial charge is 0.496 e. The van der Waals surface area contributed by atoms with E-state index in [1.807, 2.05) is 31.2 Å². The van der Waals surface area contributed by atoms with Crippen molar-refractivity contribution in [1.29, 1.82) is 0 Å². The average molecular weight is 369 g/mol. The molecule has 3 rings (SSSR count). The van der Waals surface area contributed by atoms with Gasteiger partial charge in [0.1, 0.15) is 5.75 Å². The van der Waals surface area contributed by atoms with E-state index in [0.717, 1.165) is 35.4 Å². The van der Waals surface area contributed by atoms with E-state index in [1.165, 1.54) is 5.56 Å². The summed E-state index contributed by atoms with van der Waals surface area (Å²) < 4.78 is 5.28. The fourth-order valence-corrected chi connectivity index (χ4v) is 3.82. The second-order valence-electron chi connectivity index (χ2n) is 6.28. The normalized spacial score (nSPS) is 15.9. The van der Waals surface area contributed by atoms with E-state index < -0.39 is 0 Å². The predicted molar refractivity (Wildman–Crippen MR) is 108 cm³/mol. The van der Waals surface area contributed by atoms with Crippen molar-refractivity contribution in [2.45, 2.75) is 31.7 Å². The molecule has 0 radical (unpaired) electrons. The first-order chi connectivity index (χ1) is 12.7. The maximum atomic E-state index is 12.2. The zero-order chi connectivity index (χ0) is 18.4. The lowest BCUT2D eigenvalue weighted by molar-refractivity contribution is -0.121. The van der Waals surface area contributed by atoms with Crippen molar-refractivity contribution < 1.29 is 9.53 Å². The number of amides is 1. The van der Waals surface area contributed by atoms with E-state index in [0.29, 0.717) is 6.42 Å². The zero-order valence-corrected chi connectivity index (χ0v) is 15.9. The number of ether oxygens (including phenoxy) is 1. The molecule has 1 heterocycles. The molecule has 1 aliphatic rings. The molecule has 2 aromatic rings. The number of rotatable bonds is 7. The second-order valence-corrected chi connectivity index (χ2v) is 7.26. The van der Waals surface area contributed by atoms with Crippen LogP contribution < -0.4 is 15.4 Å². The van der Waals surface area contributed by atoms with Crippen molar-refractivity contribution in [2.24, 2.45) is 0 Å². The van der Waals surface area contributed by atoms with Crippen LogP contribution in [0.5, 0.6) is 5.75 Å². The number of methoxy groups -OCH3 is 1. The van der Waals surface area contributed by atoms with Gasteiger partial charge in [-0.3, -0.25) is 4.79 Å². The molecular weight excluding hydrogens is 344 g/mol. The van der Waals surface area contributed by atoms with Crippen LogP contribution in [0.25, 0.3) is 5.70 Å². The first kappa shape index (κ1) is 18.4. The van der Waals surface area contributed by atoms with Gasteiger partial charge in [-0.05, 0) is 47.9 Å². The Morgan fingerprint density at radius 2 is 2.04 bits per heavy atom. The highest BCUT2D eigenvalue weighted by atomic mass is 32.2. The van der Waals surface area contributed by atoms with Gasteiger partial charge in [0, 0.05) is 6.42 Å². The fraction of sp³-hybridized carbons (Fsp3) is 0.286. The molecule has 1 aliphatic heterocycles. The van der Waals surface area contributed by atoms with Gasteiger partial charge in [0.05, 0.1) is 12.8 Å². The van der Waals surface area contributed by atoms with Crippen molar-refractivity contribution in [3.05, 3.63) is 70.6 Å². The molecule has 0 fully saturated rings. The third kappa shape index (κ3) is 4.82. The van der Waals surface area contributed by atoms with Gasteiger partial charge in [-0.1, -0.05) is 54.2 Å². The fourth-order valence-electron chi connectivity index (χ4n) is 2.95. The summed E-state index contributed by atoms with van der Waals surface area (Å²) in [6.45, 7) is 2.04. The van der Waals surface area contributed by atoms with E-state index in [-0.39, 0.29) is 11.4 Å². The van der Waals surface area contributed by atoms with Crippen LogP contribution in [0, 0.1) is 6.92 Å². The minimum atomic E-state index is -0.0964. The lowest BCUT2D eigenvalue weighted by Gasteiger charge is -2.15. The third-order valence-corrected chi connectivity index (χ3v) is 5.19. The number of thioether (sulfide) groups is 1. The number of nitrogens with one attached hydrogen (secondary N) is 2. The summed E-state index contributed by atoms with van der Waals surface area (Å²) in [4.78, 5) is 12.2. The lowest BCUT2D eigenvalue weighted by Crippen LogP contribution is -2.39. The topological polar surface area (TPSA) is 50.4 Å². The molecule has 0 unspecified atom stereocenters. The number of carbonyl (C=O) groups excluding carboxylic acids is 1. The van der Waals surface area contributed by atoms with Crippen molar-refractivity contribution in [2.75, 3.05) is 7.11 Å². The molecule has 0 aliphatic carbocycles. The molecule has 26 heavy (non-hydrogen) atoms. The number of aryl methyl sites for hydroxylation is 2. The van der Waals surface area contributed by atoms with Gasteiger partial charge in [0.25, 0.3) is 0 Å². The standard InChI is InChI=1S/C21H24N2O2S/c1-15-13-16(11-12-19(15)25-2)7-6-10-20(24)23-21-22-18(14-26-21)17-8-4-3-5-9-17/h3-5,8-9,11-14,21-22H,6-7,10H2,1-2H3,(H,23,24)/t21-/m1/s1. The first-order valence-electron chi connectivity index (χ1n) is 8.76. The Kier molecular flexibility index (Phi) is 6.23. The number of hydrogen-bond acceptors (Lipinski definition) is 4. The SMILES string of the molecule is COc1ccc(CCCC(=O)N[C@H]2NC(c3ccccc3)=CS2)cc1C. The van der Waals surface area contributed by atoms with E-state index in [4.69, 9.17) is 4.74 Å². The summed E-state index contributed by atoms with van der Waals surface area (Å²) in [5, 5.41) is 8.44. The van der Waals surface area contributed by atoms with Crippen molar-refractivity contribution in [3.63, 3.8) is 0 Å². The summed E-state index contributed by atoms with van der Waals surface area (Å²) >= 11 is 1.59. The molecule has 4 nitrogen and oxygen atoms in total. The summed E-state index contributed by atoms with van der Waals surface area (Å²) in [5.41, 5.74) is 4.44. The van der Waals surface area contributed by atoms with E-state index in [2.05, 4.69) is 40.3 Å². The number of carbonyl (C=O) groups is 1. The second kappa shape index (κ2) is 8.81. The molecule has 0 aromatic heterocycles. The quantitative estimate of drug-likeness (QED) is 0.774. The van der Waals surface area contributed by atoms with Crippen molar-refractivity contribution >= 4 is 23.4 Å². The average Bonchev–Trinajstić information content (AvgIpc) is 3.11. The summed E-state index contributed by atoms with van der Waals surface area (Å²) in [6.07, 6.45) is 2.23. The van der Waals surface area contributed by atoms with Gasteiger partial charge in [-0.2, -0.15) is 0 Å². The molecule has 2 N–H and O–H groups in total. The van der Waals surface area contributed by atoms with Gasteiger partial charge in [0.15, 0.2) is 5.50 Å². The third-order valence-electron chi connectivity index (χ3n) is 4.31. The molecule has 1 atom stereocenters.